The van der Waals surface area contributed by atoms with Gasteiger partial charge in [-0.15, -0.1) is 0 Å². The molecule has 0 aliphatic carbocycles. The molecule has 0 heterocycles. The SMILES string of the molecule is CCC/C=N/C(C)(C)C. The lowest BCUT2D eigenvalue weighted by Gasteiger charge is -2.10. The molecule has 0 atom stereocenters. The summed E-state index contributed by atoms with van der Waals surface area (Å²) in [5.74, 6) is 0. The number of hydrogen-bond donors (Lipinski definition) is 0. The van der Waals surface area contributed by atoms with Crippen molar-refractivity contribution in [3.63, 3.8) is 0 Å². The molecule has 0 fully saturated rings. The van der Waals surface area contributed by atoms with E-state index in [9.17, 15) is 0 Å². The molecule has 1 nitrogen and oxygen atoms in total. The lowest BCUT2D eigenvalue weighted by Crippen LogP contribution is -2.09. The third-order valence-electron chi connectivity index (χ3n) is 0.896. The van der Waals surface area contributed by atoms with E-state index in [4.69, 9.17) is 0 Å². The van der Waals surface area contributed by atoms with Gasteiger partial charge in [-0.2, -0.15) is 0 Å². The van der Waals surface area contributed by atoms with E-state index in [2.05, 4.69) is 32.7 Å². The van der Waals surface area contributed by atoms with Crippen LogP contribution >= 0.6 is 0 Å². The summed E-state index contributed by atoms with van der Waals surface area (Å²) in [7, 11) is 0. The number of nitrogens with zero attached hydrogens (tertiary/aromatic N) is 1. The van der Waals surface area contributed by atoms with Gasteiger partial charge in [0.25, 0.3) is 0 Å². The average molecular weight is 127 g/mol. The van der Waals surface area contributed by atoms with Crippen molar-refractivity contribution in [3.8, 4) is 0 Å². The minimum absolute atomic E-state index is 0.120. The summed E-state index contributed by atoms with van der Waals surface area (Å²) in [6.07, 6.45) is 4.32. The van der Waals surface area contributed by atoms with Gasteiger partial charge in [-0.3, -0.25) is 4.99 Å². The molecule has 1 heteroatoms. The van der Waals surface area contributed by atoms with E-state index in [1.165, 1.54) is 6.42 Å². The maximum Gasteiger partial charge on any atom is 0.0520 e. The lowest BCUT2D eigenvalue weighted by molar-refractivity contribution is 0.584. The molecule has 0 spiro atoms. The van der Waals surface area contributed by atoms with Gasteiger partial charge >= 0.3 is 0 Å². The molecule has 0 aliphatic rings. The molecular weight excluding hydrogens is 110 g/mol. The summed E-state index contributed by atoms with van der Waals surface area (Å²) in [5, 5.41) is 0. The Kier molecular flexibility index (Phi) is 3.52. The van der Waals surface area contributed by atoms with Crippen LogP contribution in [0.15, 0.2) is 4.99 Å². The summed E-state index contributed by atoms with van der Waals surface area (Å²) in [6, 6.07) is 0. The van der Waals surface area contributed by atoms with Crippen LogP contribution in [0, 0.1) is 0 Å². The number of unbranched alkanes of at least 4 members (excludes halogenated alkanes) is 1. The van der Waals surface area contributed by atoms with E-state index in [1.54, 1.807) is 0 Å². The summed E-state index contributed by atoms with van der Waals surface area (Å²) in [4.78, 5) is 4.32. The number of hydrogen-bond acceptors (Lipinski definition) is 1. The van der Waals surface area contributed by atoms with Gasteiger partial charge in [0.2, 0.25) is 0 Å². The Balaban J connectivity index is 3.45. The molecule has 0 radical (unpaired) electrons. The molecule has 0 N–H and O–H groups in total. The summed E-state index contributed by atoms with van der Waals surface area (Å²) < 4.78 is 0. The van der Waals surface area contributed by atoms with Crippen molar-refractivity contribution in [2.75, 3.05) is 0 Å². The fourth-order valence-corrected chi connectivity index (χ4v) is 0.468. The maximum absolute atomic E-state index is 4.32. The minimum atomic E-state index is 0.120. The highest BCUT2D eigenvalue weighted by Crippen LogP contribution is 2.04. The number of rotatable bonds is 2. The van der Waals surface area contributed by atoms with Gasteiger partial charge < -0.3 is 0 Å². The van der Waals surface area contributed by atoms with E-state index in [1.807, 2.05) is 6.21 Å². The third kappa shape index (κ3) is 7.67. The van der Waals surface area contributed by atoms with Crippen LogP contribution < -0.4 is 0 Å². The van der Waals surface area contributed by atoms with E-state index < -0.39 is 0 Å². The van der Waals surface area contributed by atoms with Crippen molar-refractivity contribution >= 4 is 6.21 Å². The van der Waals surface area contributed by atoms with Crippen LogP contribution in [-0.4, -0.2) is 11.8 Å². The summed E-state index contributed by atoms with van der Waals surface area (Å²) in [5.41, 5.74) is 0.120. The van der Waals surface area contributed by atoms with Crippen molar-refractivity contribution in [1.29, 1.82) is 0 Å². The average Bonchev–Trinajstić information content (AvgIpc) is 1.63. The van der Waals surface area contributed by atoms with Crippen LogP contribution in [0.25, 0.3) is 0 Å². The Morgan fingerprint density at radius 2 is 1.89 bits per heavy atom. The van der Waals surface area contributed by atoms with Crippen LogP contribution in [0.2, 0.25) is 0 Å². The minimum Gasteiger partial charge on any atom is -0.292 e. The Bertz CT molecular complexity index is 87.2. The van der Waals surface area contributed by atoms with Gasteiger partial charge in [0.1, 0.15) is 0 Å². The van der Waals surface area contributed by atoms with Crippen LogP contribution in [0.5, 0.6) is 0 Å². The van der Waals surface area contributed by atoms with Crippen molar-refractivity contribution < 1.29 is 0 Å². The maximum atomic E-state index is 4.32. The molecule has 0 aromatic carbocycles. The van der Waals surface area contributed by atoms with E-state index >= 15 is 0 Å². The monoisotopic (exact) mass is 127 g/mol. The largest absolute Gasteiger partial charge is 0.292 e. The molecule has 54 valence electrons. The summed E-state index contributed by atoms with van der Waals surface area (Å²) >= 11 is 0. The third-order valence-corrected chi connectivity index (χ3v) is 0.896. The molecule has 0 amide bonds. The smallest absolute Gasteiger partial charge is 0.0520 e. The summed E-state index contributed by atoms with van der Waals surface area (Å²) in [6.45, 7) is 8.49. The van der Waals surface area contributed by atoms with Crippen molar-refractivity contribution in [3.05, 3.63) is 0 Å². The molecule has 0 rings (SSSR count). The fraction of sp³-hybridized carbons (Fsp3) is 0.875. The molecule has 0 saturated heterocycles. The topological polar surface area (TPSA) is 12.4 Å². The second kappa shape index (κ2) is 3.65. The molecule has 0 aromatic rings. The molecule has 0 aromatic heterocycles. The number of aliphatic imine (C=N–C) groups is 1. The van der Waals surface area contributed by atoms with E-state index in [0.717, 1.165) is 6.42 Å². The Labute approximate surface area is 58.2 Å². The molecule has 0 saturated carbocycles. The highest BCUT2D eigenvalue weighted by Gasteiger charge is 2.03. The zero-order chi connectivity index (χ0) is 7.33. The highest BCUT2D eigenvalue weighted by atomic mass is 14.8. The van der Waals surface area contributed by atoms with Gasteiger partial charge in [-0.05, 0) is 33.4 Å². The quantitative estimate of drug-likeness (QED) is 0.506. The van der Waals surface area contributed by atoms with Gasteiger partial charge in [0.15, 0.2) is 0 Å². The molecule has 9 heavy (non-hydrogen) atoms. The predicted octanol–water partition coefficient (Wildman–Crippen LogP) is 2.66. The lowest BCUT2D eigenvalue weighted by atomic mass is 10.1. The van der Waals surface area contributed by atoms with Gasteiger partial charge in [0.05, 0.1) is 5.54 Å². The second-order valence-corrected chi connectivity index (χ2v) is 3.27. The Morgan fingerprint density at radius 1 is 1.33 bits per heavy atom. The molecule has 0 unspecified atom stereocenters. The molecular formula is C8H17N. The van der Waals surface area contributed by atoms with Gasteiger partial charge in [0, 0.05) is 0 Å². The molecule has 0 aliphatic heterocycles. The van der Waals surface area contributed by atoms with E-state index in [-0.39, 0.29) is 5.54 Å². The van der Waals surface area contributed by atoms with Crippen LogP contribution in [0.1, 0.15) is 40.5 Å². The van der Waals surface area contributed by atoms with E-state index in [0.29, 0.717) is 0 Å². The van der Waals surface area contributed by atoms with Crippen LogP contribution in [-0.2, 0) is 0 Å². The standard InChI is InChI=1S/C8H17N/c1-5-6-7-9-8(2,3)4/h7H,5-6H2,1-4H3/b9-7+. The first kappa shape index (κ1) is 8.67. The predicted molar refractivity (Wildman–Crippen MR) is 43.2 cm³/mol. The zero-order valence-corrected chi connectivity index (χ0v) is 6.94. The van der Waals surface area contributed by atoms with Crippen LogP contribution in [0.4, 0.5) is 0 Å². The fourth-order valence-electron chi connectivity index (χ4n) is 0.468. The zero-order valence-electron chi connectivity index (χ0n) is 6.94. The van der Waals surface area contributed by atoms with Crippen molar-refractivity contribution in [2.45, 2.75) is 46.1 Å². The van der Waals surface area contributed by atoms with Gasteiger partial charge in [-0.1, -0.05) is 13.3 Å². The van der Waals surface area contributed by atoms with Crippen molar-refractivity contribution in [2.24, 2.45) is 4.99 Å². The Hall–Kier alpha value is -0.330. The van der Waals surface area contributed by atoms with Crippen LogP contribution in [0.3, 0.4) is 0 Å². The normalized spacial score (nSPS) is 12.9. The second-order valence-electron chi connectivity index (χ2n) is 3.27. The first-order valence-electron chi connectivity index (χ1n) is 3.60. The first-order valence-corrected chi connectivity index (χ1v) is 3.60. The van der Waals surface area contributed by atoms with Gasteiger partial charge in [-0.25, -0.2) is 0 Å². The Morgan fingerprint density at radius 3 is 2.22 bits per heavy atom. The highest BCUT2D eigenvalue weighted by molar-refractivity contribution is 5.57. The van der Waals surface area contributed by atoms with Crippen molar-refractivity contribution in [1.82, 2.24) is 0 Å². The molecule has 0 bridgehead atoms. The first-order chi connectivity index (χ1) is 4.06.